The summed E-state index contributed by atoms with van der Waals surface area (Å²) in [7, 11) is 0. The molecule has 1 heterocycles. The number of hydrogen-bond donors (Lipinski definition) is 0. The number of hydrogen-bond acceptors (Lipinski definition) is 1. The van der Waals surface area contributed by atoms with Crippen LogP contribution in [0.15, 0.2) is 4.99 Å². The molecule has 0 bridgehead atoms. The summed E-state index contributed by atoms with van der Waals surface area (Å²) in [5.41, 5.74) is 7.18. The summed E-state index contributed by atoms with van der Waals surface area (Å²) in [5.74, 6) is 0. The predicted octanol–water partition coefficient (Wildman–Crippen LogP) is 0.502. The van der Waals surface area contributed by atoms with Gasteiger partial charge in [0.1, 0.15) is 0 Å². The van der Waals surface area contributed by atoms with Crippen LogP contribution in [0.4, 0.5) is 0 Å². The Morgan fingerprint density at radius 2 is 2.57 bits per heavy atom. The largest absolute Gasteiger partial charge is 0.297 e. The second-order valence-corrected chi connectivity index (χ2v) is 1.81. The molecule has 1 radical (unpaired) electrons. The Balaban J connectivity index is 2.32. The lowest BCUT2D eigenvalue weighted by molar-refractivity contribution is 0.610. The van der Waals surface area contributed by atoms with Crippen LogP contribution in [0.2, 0.25) is 0 Å². The van der Waals surface area contributed by atoms with Crippen LogP contribution < -0.4 is 5.73 Å². The molecular weight excluding hydrogens is 88.1 g/mol. The molecule has 1 aliphatic heterocycles. The molecule has 0 amide bonds. The minimum absolute atomic E-state index is 0.137. The van der Waals surface area contributed by atoms with Gasteiger partial charge in [0.05, 0.1) is 0 Å². The first-order valence-electron chi connectivity index (χ1n) is 2.59. The Labute approximate surface area is 43.4 Å². The Kier molecular flexibility index (Phi) is 1.42. The Bertz CT molecular complexity index is 78.1. The lowest BCUT2D eigenvalue weighted by Gasteiger charge is -2.08. The third-order valence-electron chi connectivity index (χ3n) is 1.13. The van der Waals surface area contributed by atoms with Crippen molar-refractivity contribution in [3.63, 3.8) is 0 Å². The summed E-state index contributed by atoms with van der Waals surface area (Å²) in [6.07, 6.45) is 3.66. The molecule has 0 fully saturated rings. The number of nitrogens with one attached hydrogen (secondary N) is 1. The summed E-state index contributed by atoms with van der Waals surface area (Å²) < 4.78 is 0. The molecule has 39 valence electrons. The summed E-state index contributed by atoms with van der Waals surface area (Å²) in [6.45, 7) is 0.869. The van der Waals surface area contributed by atoms with Gasteiger partial charge in [-0.05, 0) is 12.8 Å². The van der Waals surface area contributed by atoms with E-state index < -0.39 is 0 Å². The molecule has 0 saturated carbocycles. The zero-order chi connectivity index (χ0) is 5.11. The van der Waals surface area contributed by atoms with Gasteiger partial charge in [-0.2, -0.15) is 0 Å². The maximum atomic E-state index is 7.18. The summed E-state index contributed by atoms with van der Waals surface area (Å²) in [6, 6.07) is 0.137. The average molecular weight is 97.1 g/mol. The average Bonchev–Trinajstić information content (AvgIpc) is 1.69. The van der Waals surface area contributed by atoms with E-state index in [0.29, 0.717) is 0 Å². The Morgan fingerprint density at radius 3 is 2.86 bits per heavy atom. The molecule has 0 aromatic rings. The fraction of sp³-hybridized carbons (Fsp3) is 0.800. The van der Waals surface area contributed by atoms with Crippen LogP contribution in [-0.2, 0) is 0 Å². The number of nitrogens with zero attached hydrogens (tertiary/aromatic N) is 1. The van der Waals surface area contributed by atoms with Gasteiger partial charge in [0.2, 0.25) is 0 Å². The Hall–Kier alpha value is -0.370. The molecule has 2 nitrogen and oxygen atoms in total. The molecule has 0 aromatic heterocycles. The third kappa shape index (κ3) is 1.27. The third-order valence-corrected chi connectivity index (χ3v) is 1.13. The van der Waals surface area contributed by atoms with E-state index in [1.807, 2.05) is 6.21 Å². The van der Waals surface area contributed by atoms with Crippen molar-refractivity contribution in [3.05, 3.63) is 0 Å². The van der Waals surface area contributed by atoms with Crippen LogP contribution in [0, 0.1) is 0 Å². The van der Waals surface area contributed by atoms with Crippen molar-refractivity contribution in [3.8, 4) is 0 Å². The minimum atomic E-state index is 0.137. The monoisotopic (exact) mass is 97.1 g/mol. The van der Waals surface area contributed by atoms with E-state index in [9.17, 15) is 0 Å². The fourth-order valence-corrected chi connectivity index (χ4v) is 0.641. The Morgan fingerprint density at radius 1 is 1.71 bits per heavy atom. The molecule has 0 aliphatic carbocycles. The quantitative estimate of drug-likeness (QED) is 0.422. The van der Waals surface area contributed by atoms with Crippen molar-refractivity contribution < 1.29 is 0 Å². The highest BCUT2D eigenvalue weighted by Crippen LogP contribution is 1.99. The molecular formula is C5H9N2. The van der Waals surface area contributed by atoms with Crippen molar-refractivity contribution in [2.24, 2.45) is 4.99 Å². The molecule has 0 aromatic carbocycles. The van der Waals surface area contributed by atoms with Crippen molar-refractivity contribution in [2.75, 3.05) is 6.54 Å². The van der Waals surface area contributed by atoms with E-state index in [4.69, 9.17) is 5.73 Å². The van der Waals surface area contributed by atoms with E-state index in [-0.39, 0.29) is 6.04 Å². The van der Waals surface area contributed by atoms with Gasteiger partial charge in [0, 0.05) is 18.8 Å². The standard InChI is InChI=1S/C5H9N2/c6-5-1-3-7-4-2-5/h3,5-6H,1-2,4H2. The van der Waals surface area contributed by atoms with E-state index in [1.165, 1.54) is 0 Å². The van der Waals surface area contributed by atoms with Crippen molar-refractivity contribution in [1.82, 2.24) is 5.73 Å². The van der Waals surface area contributed by atoms with Gasteiger partial charge in [-0.25, -0.2) is 0 Å². The summed E-state index contributed by atoms with van der Waals surface area (Å²) in [4.78, 5) is 3.98. The van der Waals surface area contributed by atoms with Gasteiger partial charge in [0.25, 0.3) is 0 Å². The molecule has 1 rings (SSSR count). The van der Waals surface area contributed by atoms with Crippen LogP contribution in [0.3, 0.4) is 0 Å². The summed E-state index contributed by atoms with van der Waals surface area (Å²) in [5, 5.41) is 0. The van der Waals surface area contributed by atoms with Crippen molar-refractivity contribution in [2.45, 2.75) is 18.9 Å². The van der Waals surface area contributed by atoms with Gasteiger partial charge in [-0.3, -0.25) is 10.7 Å². The van der Waals surface area contributed by atoms with Crippen molar-refractivity contribution in [1.29, 1.82) is 0 Å². The molecule has 1 unspecified atom stereocenters. The van der Waals surface area contributed by atoms with Gasteiger partial charge in [-0.15, -0.1) is 0 Å². The first-order valence-corrected chi connectivity index (χ1v) is 2.59. The van der Waals surface area contributed by atoms with E-state index in [2.05, 4.69) is 4.99 Å². The maximum Gasteiger partial charge on any atom is 0.0400 e. The highest BCUT2D eigenvalue weighted by Gasteiger charge is 2.02. The van der Waals surface area contributed by atoms with Gasteiger partial charge in [-0.1, -0.05) is 0 Å². The molecule has 1 aliphatic rings. The molecule has 0 saturated heterocycles. The number of rotatable bonds is 0. The summed E-state index contributed by atoms with van der Waals surface area (Å²) >= 11 is 0. The van der Waals surface area contributed by atoms with Gasteiger partial charge < -0.3 is 0 Å². The van der Waals surface area contributed by atoms with Crippen LogP contribution in [0.25, 0.3) is 0 Å². The molecule has 1 atom stereocenters. The highest BCUT2D eigenvalue weighted by molar-refractivity contribution is 5.58. The van der Waals surface area contributed by atoms with Crippen LogP contribution in [0.5, 0.6) is 0 Å². The van der Waals surface area contributed by atoms with E-state index >= 15 is 0 Å². The van der Waals surface area contributed by atoms with E-state index in [1.54, 1.807) is 0 Å². The van der Waals surface area contributed by atoms with Crippen molar-refractivity contribution >= 4 is 6.21 Å². The highest BCUT2D eigenvalue weighted by atomic mass is 14.8. The fourth-order valence-electron chi connectivity index (χ4n) is 0.641. The van der Waals surface area contributed by atoms with Crippen LogP contribution >= 0.6 is 0 Å². The molecule has 7 heavy (non-hydrogen) atoms. The second kappa shape index (κ2) is 2.07. The van der Waals surface area contributed by atoms with Gasteiger partial charge >= 0.3 is 0 Å². The topological polar surface area (TPSA) is 36.2 Å². The second-order valence-electron chi connectivity index (χ2n) is 1.81. The molecule has 1 N–H and O–H groups in total. The lowest BCUT2D eigenvalue weighted by Crippen LogP contribution is -2.14. The minimum Gasteiger partial charge on any atom is -0.297 e. The normalized spacial score (nSPS) is 30.7. The number of aliphatic imine (C=N–C) groups is 1. The van der Waals surface area contributed by atoms with Crippen LogP contribution in [-0.4, -0.2) is 18.8 Å². The zero-order valence-corrected chi connectivity index (χ0v) is 4.22. The molecule has 2 heteroatoms. The molecule has 0 spiro atoms. The van der Waals surface area contributed by atoms with Gasteiger partial charge in [0.15, 0.2) is 0 Å². The first kappa shape index (κ1) is 4.78. The first-order chi connectivity index (χ1) is 3.39. The maximum absolute atomic E-state index is 7.18. The zero-order valence-electron chi connectivity index (χ0n) is 4.22. The van der Waals surface area contributed by atoms with Crippen LogP contribution in [0.1, 0.15) is 12.8 Å². The van der Waals surface area contributed by atoms with E-state index in [0.717, 1.165) is 19.4 Å². The predicted molar refractivity (Wildman–Crippen MR) is 29.5 cm³/mol. The SMILES string of the molecule is [NH]C1CC=NCC1. The smallest absolute Gasteiger partial charge is 0.0400 e. The lowest BCUT2D eigenvalue weighted by atomic mass is 10.1.